The van der Waals surface area contributed by atoms with Crippen molar-refractivity contribution in [1.29, 1.82) is 0 Å². The van der Waals surface area contributed by atoms with E-state index in [0.717, 1.165) is 0 Å². The molecule has 1 atom stereocenters. The first-order valence-corrected chi connectivity index (χ1v) is 4.43. The maximum atomic E-state index is 12.6. The van der Waals surface area contributed by atoms with Crippen molar-refractivity contribution >= 4 is 0 Å². The molecule has 0 N–H and O–H groups in total. The molecule has 1 unspecified atom stereocenters. The van der Waals surface area contributed by atoms with Gasteiger partial charge >= 0.3 is 6.18 Å². The minimum atomic E-state index is -4.12. The highest BCUT2D eigenvalue weighted by Crippen LogP contribution is 2.44. The van der Waals surface area contributed by atoms with Crippen LogP contribution in [0.5, 0.6) is 0 Å². The van der Waals surface area contributed by atoms with E-state index in [-0.39, 0.29) is 19.4 Å². The van der Waals surface area contributed by atoms with Crippen LogP contribution in [0, 0.1) is 5.41 Å². The van der Waals surface area contributed by atoms with Crippen LogP contribution in [-0.4, -0.2) is 19.9 Å². The molecule has 0 aliphatic heterocycles. The van der Waals surface area contributed by atoms with Gasteiger partial charge in [-0.25, -0.2) is 0 Å². The van der Waals surface area contributed by atoms with Gasteiger partial charge in [-0.3, -0.25) is 0 Å². The van der Waals surface area contributed by atoms with Crippen LogP contribution in [0.3, 0.4) is 0 Å². The van der Waals surface area contributed by atoms with Gasteiger partial charge in [0, 0.05) is 13.7 Å². The Labute approximate surface area is 77.3 Å². The maximum Gasteiger partial charge on any atom is 0.394 e. The zero-order chi connectivity index (χ0) is 10.5. The molecule has 0 aromatic rings. The van der Waals surface area contributed by atoms with Gasteiger partial charge in [-0.15, -0.1) is 0 Å². The second kappa shape index (κ2) is 4.84. The molecular formula is C9H17F3O. The molecule has 0 aromatic carbocycles. The summed E-state index contributed by atoms with van der Waals surface area (Å²) in [6, 6.07) is 0. The molecule has 0 aromatic heterocycles. The summed E-state index contributed by atoms with van der Waals surface area (Å²) in [4.78, 5) is 0. The van der Waals surface area contributed by atoms with Crippen molar-refractivity contribution in [2.24, 2.45) is 5.41 Å². The normalized spacial score (nSPS) is 17.1. The fourth-order valence-electron chi connectivity index (χ4n) is 1.29. The summed E-state index contributed by atoms with van der Waals surface area (Å²) < 4.78 is 42.4. The highest BCUT2D eigenvalue weighted by molar-refractivity contribution is 4.81. The second-order valence-electron chi connectivity index (χ2n) is 3.55. The Hall–Kier alpha value is -0.250. The van der Waals surface area contributed by atoms with E-state index < -0.39 is 11.6 Å². The topological polar surface area (TPSA) is 9.23 Å². The summed E-state index contributed by atoms with van der Waals surface area (Å²) in [5, 5.41) is 0. The largest absolute Gasteiger partial charge is 0.394 e. The molecule has 0 heterocycles. The number of hydrogen-bond donors (Lipinski definition) is 0. The third kappa shape index (κ3) is 3.55. The first kappa shape index (κ1) is 12.8. The predicted molar refractivity (Wildman–Crippen MR) is 45.6 cm³/mol. The minimum Gasteiger partial charge on any atom is -0.385 e. The fourth-order valence-corrected chi connectivity index (χ4v) is 1.29. The van der Waals surface area contributed by atoms with Crippen molar-refractivity contribution in [3.8, 4) is 0 Å². The number of alkyl halides is 3. The van der Waals surface area contributed by atoms with E-state index in [0.29, 0.717) is 6.42 Å². The quantitative estimate of drug-likeness (QED) is 0.658. The maximum absolute atomic E-state index is 12.6. The Morgan fingerprint density at radius 2 is 1.69 bits per heavy atom. The van der Waals surface area contributed by atoms with Crippen LogP contribution >= 0.6 is 0 Å². The lowest BCUT2D eigenvalue weighted by atomic mass is 9.82. The molecule has 0 bridgehead atoms. The average Bonchev–Trinajstić information content (AvgIpc) is 1.99. The minimum absolute atomic E-state index is 0.0425. The summed E-state index contributed by atoms with van der Waals surface area (Å²) in [5.41, 5.74) is -1.59. The van der Waals surface area contributed by atoms with Gasteiger partial charge < -0.3 is 4.74 Å². The summed E-state index contributed by atoms with van der Waals surface area (Å²) in [5.74, 6) is 0. The molecule has 80 valence electrons. The predicted octanol–water partition coefficient (Wildman–Crippen LogP) is 3.39. The van der Waals surface area contributed by atoms with Crippen LogP contribution in [0.25, 0.3) is 0 Å². The average molecular weight is 198 g/mol. The number of methoxy groups -OCH3 is 1. The van der Waals surface area contributed by atoms with E-state index >= 15 is 0 Å². The Morgan fingerprint density at radius 3 is 2.00 bits per heavy atom. The Bertz CT molecular complexity index is 144. The summed E-state index contributed by atoms with van der Waals surface area (Å²) in [7, 11) is 1.42. The smallest absolute Gasteiger partial charge is 0.385 e. The zero-order valence-corrected chi connectivity index (χ0v) is 8.37. The van der Waals surface area contributed by atoms with Gasteiger partial charge in [0.25, 0.3) is 0 Å². The van der Waals surface area contributed by atoms with E-state index in [1.165, 1.54) is 14.0 Å². The van der Waals surface area contributed by atoms with Crippen molar-refractivity contribution < 1.29 is 17.9 Å². The molecule has 0 radical (unpaired) electrons. The van der Waals surface area contributed by atoms with Crippen molar-refractivity contribution in [2.45, 2.75) is 39.3 Å². The van der Waals surface area contributed by atoms with Gasteiger partial charge in [0.05, 0.1) is 5.41 Å². The van der Waals surface area contributed by atoms with E-state index in [4.69, 9.17) is 0 Å². The summed E-state index contributed by atoms with van der Waals surface area (Å²) in [6.07, 6.45) is -3.37. The summed E-state index contributed by atoms with van der Waals surface area (Å²) >= 11 is 0. The molecule has 0 saturated carbocycles. The third-order valence-corrected chi connectivity index (χ3v) is 2.34. The monoisotopic (exact) mass is 198 g/mol. The van der Waals surface area contributed by atoms with Crippen molar-refractivity contribution in [3.05, 3.63) is 0 Å². The molecule has 13 heavy (non-hydrogen) atoms. The van der Waals surface area contributed by atoms with Crippen LogP contribution in [0.2, 0.25) is 0 Å². The van der Waals surface area contributed by atoms with E-state index in [1.54, 1.807) is 6.92 Å². The number of rotatable bonds is 5. The number of halogens is 3. The molecular weight excluding hydrogens is 181 g/mol. The Balaban J connectivity index is 4.34. The highest BCUT2D eigenvalue weighted by Gasteiger charge is 2.49. The lowest BCUT2D eigenvalue weighted by Gasteiger charge is -2.31. The first-order valence-electron chi connectivity index (χ1n) is 4.43. The lowest BCUT2D eigenvalue weighted by molar-refractivity contribution is -0.225. The van der Waals surface area contributed by atoms with Crippen molar-refractivity contribution in [3.63, 3.8) is 0 Å². The fraction of sp³-hybridized carbons (Fsp3) is 1.00. The van der Waals surface area contributed by atoms with Gasteiger partial charge in [0.15, 0.2) is 0 Å². The molecule has 0 saturated heterocycles. The van der Waals surface area contributed by atoms with Gasteiger partial charge in [0.2, 0.25) is 0 Å². The molecule has 0 rings (SSSR count). The summed E-state index contributed by atoms with van der Waals surface area (Å²) in [6.45, 7) is 3.18. The SMILES string of the molecule is CCCC(C)(CCOC)C(F)(F)F. The molecule has 1 nitrogen and oxygen atoms in total. The Morgan fingerprint density at radius 1 is 1.15 bits per heavy atom. The van der Waals surface area contributed by atoms with Crippen LogP contribution < -0.4 is 0 Å². The molecule has 0 fully saturated rings. The van der Waals surface area contributed by atoms with Gasteiger partial charge in [-0.2, -0.15) is 13.2 Å². The number of ether oxygens (including phenoxy) is 1. The highest BCUT2D eigenvalue weighted by atomic mass is 19.4. The number of hydrogen-bond acceptors (Lipinski definition) is 1. The van der Waals surface area contributed by atoms with Gasteiger partial charge in [-0.05, 0) is 12.8 Å². The van der Waals surface area contributed by atoms with E-state index in [2.05, 4.69) is 4.74 Å². The van der Waals surface area contributed by atoms with Crippen molar-refractivity contribution in [2.75, 3.05) is 13.7 Å². The van der Waals surface area contributed by atoms with Crippen LogP contribution in [0.4, 0.5) is 13.2 Å². The molecule has 4 heteroatoms. The van der Waals surface area contributed by atoms with Gasteiger partial charge in [-0.1, -0.05) is 20.3 Å². The molecule has 0 spiro atoms. The van der Waals surface area contributed by atoms with Crippen LogP contribution in [0.15, 0.2) is 0 Å². The lowest BCUT2D eigenvalue weighted by Crippen LogP contribution is -2.36. The van der Waals surface area contributed by atoms with Crippen molar-refractivity contribution in [1.82, 2.24) is 0 Å². The second-order valence-corrected chi connectivity index (χ2v) is 3.55. The standard InChI is InChI=1S/C9H17F3O/c1-4-5-8(2,6-7-13-3)9(10,11)12/h4-7H2,1-3H3. The van der Waals surface area contributed by atoms with E-state index in [1.807, 2.05) is 0 Å². The molecule has 0 aliphatic rings. The van der Waals surface area contributed by atoms with E-state index in [9.17, 15) is 13.2 Å². The molecule has 0 amide bonds. The Kier molecular flexibility index (Phi) is 4.75. The first-order chi connectivity index (χ1) is 5.87. The third-order valence-electron chi connectivity index (χ3n) is 2.34. The van der Waals surface area contributed by atoms with Crippen LogP contribution in [0.1, 0.15) is 33.1 Å². The molecule has 0 aliphatic carbocycles. The zero-order valence-electron chi connectivity index (χ0n) is 8.37. The van der Waals surface area contributed by atoms with Gasteiger partial charge in [0.1, 0.15) is 0 Å². The van der Waals surface area contributed by atoms with Crippen LogP contribution in [-0.2, 0) is 4.74 Å².